The molecule has 2 amide bonds. The first kappa shape index (κ1) is 18.0. The number of carbonyl (C=O) groups is 2. The fraction of sp³-hybridized carbons (Fsp3) is 0.643. The van der Waals surface area contributed by atoms with Crippen LogP contribution in [0.1, 0.15) is 26.0 Å². The van der Waals surface area contributed by atoms with Crippen LogP contribution in [0.4, 0.5) is 4.79 Å². The van der Waals surface area contributed by atoms with E-state index in [2.05, 4.69) is 15.3 Å². The Morgan fingerprint density at radius 1 is 1.41 bits per heavy atom. The highest BCUT2D eigenvalue weighted by Crippen LogP contribution is 2.04. The number of hydrogen-bond acceptors (Lipinski definition) is 4. The zero-order chi connectivity index (χ0) is 16.5. The summed E-state index contributed by atoms with van der Waals surface area (Å²) in [6.07, 6.45) is 3.88. The maximum atomic E-state index is 12.2. The predicted octanol–water partition coefficient (Wildman–Crippen LogP) is 0.455. The lowest BCUT2D eigenvalue weighted by Crippen LogP contribution is -2.50. The number of aromatic nitrogens is 2. The molecule has 1 heterocycles. The van der Waals surface area contributed by atoms with Crippen molar-refractivity contribution in [1.82, 2.24) is 20.2 Å². The first-order valence-corrected chi connectivity index (χ1v) is 7.30. The summed E-state index contributed by atoms with van der Waals surface area (Å²) < 4.78 is 0. The second-order valence-electron chi connectivity index (χ2n) is 5.51. The zero-order valence-electron chi connectivity index (χ0n) is 13.0. The average Bonchev–Trinajstić information content (AvgIpc) is 2.95. The number of rotatable bonds is 9. The molecule has 0 bridgehead atoms. The summed E-state index contributed by atoms with van der Waals surface area (Å²) in [6, 6.07) is -1.53. The van der Waals surface area contributed by atoms with Gasteiger partial charge in [-0.2, -0.15) is 0 Å². The monoisotopic (exact) mass is 312 g/mol. The Balaban J connectivity index is 2.64. The molecule has 0 saturated heterocycles. The Morgan fingerprint density at radius 2 is 2.14 bits per heavy atom. The maximum absolute atomic E-state index is 12.2. The number of nitrogens with one attached hydrogen (secondary N) is 2. The number of aliphatic hydroxyl groups is 1. The number of nitrogens with zero attached hydrogens (tertiary/aromatic N) is 2. The number of amides is 2. The molecular weight excluding hydrogens is 288 g/mol. The van der Waals surface area contributed by atoms with E-state index in [4.69, 9.17) is 5.11 Å². The third-order valence-electron chi connectivity index (χ3n) is 3.21. The van der Waals surface area contributed by atoms with Crippen LogP contribution in [0.5, 0.6) is 0 Å². The van der Waals surface area contributed by atoms with Crippen LogP contribution in [-0.4, -0.2) is 62.8 Å². The fourth-order valence-corrected chi connectivity index (χ4v) is 1.91. The van der Waals surface area contributed by atoms with Gasteiger partial charge in [-0.3, -0.25) is 0 Å². The number of carbonyl (C=O) groups excluding carboxylic acids is 1. The second-order valence-corrected chi connectivity index (χ2v) is 5.51. The summed E-state index contributed by atoms with van der Waals surface area (Å²) in [7, 11) is 0. The van der Waals surface area contributed by atoms with Crippen molar-refractivity contribution in [3.05, 3.63) is 18.2 Å². The van der Waals surface area contributed by atoms with Gasteiger partial charge in [-0.05, 0) is 12.3 Å². The lowest BCUT2D eigenvalue weighted by atomic mass is 10.1. The molecule has 0 spiro atoms. The minimum atomic E-state index is -1.12. The Kier molecular flexibility index (Phi) is 7.38. The van der Waals surface area contributed by atoms with E-state index in [0.29, 0.717) is 18.2 Å². The number of H-pyrrole nitrogens is 1. The summed E-state index contributed by atoms with van der Waals surface area (Å²) >= 11 is 0. The van der Waals surface area contributed by atoms with E-state index in [0.717, 1.165) is 6.42 Å². The van der Waals surface area contributed by atoms with Gasteiger partial charge in [-0.25, -0.2) is 14.6 Å². The van der Waals surface area contributed by atoms with Gasteiger partial charge in [-0.1, -0.05) is 13.8 Å². The molecule has 0 saturated carbocycles. The van der Waals surface area contributed by atoms with E-state index in [1.807, 2.05) is 13.8 Å². The van der Waals surface area contributed by atoms with Gasteiger partial charge >= 0.3 is 12.0 Å². The molecule has 0 unspecified atom stereocenters. The van der Waals surface area contributed by atoms with E-state index >= 15 is 0 Å². The Morgan fingerprint density at radius 3 is 2.64 bits per heavy atom. The molecular formula is C14H24N4O4. The van der Waals surface area contributed by atoms with Crippen LogP contribution in [0.25, 0.3) is 0 Å². The van der Waals surface area contributed by atoms with Gasteiger partial charge in [0.15, 0.2) is 0 Å². The van der Waals surface area contributed by atoms with Crippen molar-refractivity contribution >= 4 is 12.0 Å². The molecule has 124 valence electrons. The Hall–Kier alpha value is -2.09. The molecule has 0 radical (unpaired) electrons. The molecule has 0 aliphatic rings. The number of hydrogen-bond donors (Lipinski definition) is 4. The number of aliphatic carboxylic acids is 1. The lowest BCUT2D eigenvalue weighted by Gasteiger charge is -2.25. The highest BCUT2D eigenvalue weighted by molar-refractivity contribution is 5.82. The number of imidazole rings is 1. The van der Waals surface area contributed by atoms with Gasteiger partial charge in [0.25, 0.3) is 0 Å². The lowest BCUT2D eigenvalue weighted by molar-refractivity contribution is -0.139. The van der Waals surface area contributed by atoms with Gasteiger partial charge in [-0.15, -0.1) is 0 Å². The van der Waals surface area contributed by atoms with Crippen molar-refractivity contribution in [2.75, 3.05) is 19.7 Å². The van der Waals surface area contributed by atoms with E-state index in [-0.39, 0.29) is 19.6 Å². The molecule has 0 aromatic carbocycles. The first-order valence-electron chi connectivity index (χ1n) is 7.30. The van der Waals surface area contributed by atoms with Gasteiger partial charge < -0.3 is 25.4 Å². The van der Waals surface area contributed by atoms with Crippen LogP contribution in [0.15, 0.2) is 12.5 Å². The second kappa shape index (κ2) is 9.04. The average molecular weight is 312 g/mol. The molecule has 1 rings (SSSR count). The van der Waals surface area contributed by atoms with Crippen molar-refractivity contribution in [2.24, 2.45) is 5.92 Å². The van der Waals surface area contributed by atoms with Crippen molar-refractivity contribution in [3.8, 4) is 0 Å². The van der Waals surface area contributed by atoms with Gasteiger partial charge in [0, 0.05) is 31.4 Å². The predicted molar refractivity (Wildman–Crippen MR) is 80.4 cm³/mol. The molecule has 1 aromatic rings. The minimum Gasteiger partial charge on any atom is -0.480 e. The van der Waals surface area contributed by atoms with Crippen LogP contribution in [-0.2, 0) is 11.2 Å². The number of carboxylic acids is 1. The van der Waals surface area contributed by atoms with Crippen LogP contribution >= 0.6 is 0 Å². The SMILES string of the molecule is CC(C)CCN(CCO)C(=O)N[C@@H](Cc1cnc[nH]1)C(=O)O. The number of urea groups is 1. The van der Waals surface area contributed by atoms with E-state index < -0.39 is 18.0 Å². The van der Waals surface area contributed by atoms with Crippen LogP contribution < -0.4 is 5.32 Å². The number of aromatic amines is 1. The summed E-state index contributed by atoms with van der Waals surface area (Å²) in [5, 5.41) is 20.8. The van der Waals surface area contributed by atoms with Gasteiger partial charge in [0.2, 0.25) is 0 Å². The molecule has 1 atom stereocenters. The summed E-state index contributed by atoms with van der Waals surface area (Å²) in [5.74, 6) is -0.704. The van der Waals surface area contributed by atoms with E-state index in [1.54, 1.807) is 0 Å². The van der Waals surface area contributed by atoms with Crippen molar-refractivity contribution in [3.63, 3.8) is 0 Å². The number of carboxylic acid groups (broad SMARTS) is 1. The normalized spacial score (nSPS) is 12.2. The molecule has 4 N–H and O–H groups in total. The quantitative estimate of drug-likeness (QED) is 0.528. The molecule has 0 aliphatic heterocycles. The smallest absolute Gasteiger partial charge is 0.326 e. The highest BCUT2D eigenvalue weighted by Gasteiger charge is 2.23. The summed E-state index contributed by atoms with van der Waals surface area (Å²) in [6.45, 7) is 4.56. The highest BCUT2D eigenvalue weighted by atomic mass is 16.4. The van der Waals surface area contributed by atoms with Crippen molar-refractivity contribution in [2.45, 2.75) is 32.7 Å². The van der Waals surface area contributed by atoms with Gasteiger partial charge in [0.1, 0.15) is 6.04 Å². The molecule has 0 fully saturated rings. The molecule has 8 nitrogen and oxygen atoms in total. The van der Waals surface area contributed by atoms with Gasteiger partial charge in [0.05, 0.1) is 12.9 Å². The minimum absolute atomic E-state index is 0.123. The Bertz CT molecular complexity index is 461. The molecule has 8 heteroatoms. The summed E-state index contributed by atoms with van der Waals surface area (Å²) in [5.41, 5.74) is 0.628. The molecule has 1 aromatic heterocycles. The standard InChI is InChI=1S/C14H24N4O4/c1-10(2)3-4-18(5-6-19)14(22)17-12(13(20)21)7-11-8-15-9-16-11/h8-10,12,19H,3-7H2,1-2H3,(H,15,16)(H,17,22)(H,20,21)/t12-/m0/s1. The molecule has 22 heavy (non-hydrogen) atoms. The molecule has 0 aliphatic carbocycles. The fourth-order valence-electron chi connectivity index (χ4n) is 1.91. The third-order valence-corrected chi connectivity index (χ3v) is 3.21. The number of aliphatic hydroxyl groups excluding tert-OH is 1. The largest absolute Gasteiger partial charge is 0.480 e. The third kappa shape index (κ3) is 6.13. The zero-order valence-corrected chi connectivity index (χ0v) is 13.0. The topological polar surface area (TPSA) is 119 Å². The van der Waals surface area contributed by atoms with Crippen molar-refractivity contribution < 1.29 is 19.8 Å². The van der Waals surface area contributed by atoms with E-state index in [1.165, 1.54) is 17.4 Å². The maximum Gasteiger partial charge on any atom is 0.326 e. The van der Waals surface area contributed by atoms with Crippen LogP contribution in [0.2, 0.25) is 0 Å². The van der Waals surface area contributed by atoms with E-state index in [9.17, 15) is 14.7 Å². The van der Waals surface area contributed by atoms with Crippen LogP contribution in [0.3, 0.4) is 0 Å². The Labute approximate surface area is 129 Å². The van der Waals surface area contributed by atoms with Crippen molar-refractivity contribution in [1.29, 1.82) is 0 Å². The summed E-state index contributed by atoms with van der Waals surface area (Å²) in [4.78, 5) is 31.6. The first-order chi connectivity index (χ1) is 10.4. The van der Waals surface area contributed by atoms with Crippen LogP contribution in [0, 0.1) is 5.92 Å².